The lowest BCUT2D eigenvalue weighted by atomic mass is 10.3. The van der Waals surface area contributed by atoms with Crippen LogP contribution in [-0.2, 0) is 0 Å². The van der Waals surface area contributed by atoms with Crippen LogP contribution in [0, 0.1) is 0 Å². The van der Waals surface area contributed by atoms with Crippen molar-refractivity contribution in [2.45, 2.75) is 0 Å². The molecular weight excluding hydrogens is 114 g/mol. The number of para-hydroxylation sites is 1. The van der Waals surface area contributed by atoms with Gasteiger partial charge in [-0.2, -0.15) is 0 Å². The molecule has 0 fully saturated rings. The molecule has 0 heterocycles. The minimum Gasteiger partial charge on any atom is -0.497 e. The second-order valence-electron chi connectivity index (χ2n) is 1.52. The summed E-state index contributed by atoms with van der Waals surface area (Å²) in [7, 11) is 1.66. The minimum absolute atomic E-state index is 0. The van der Waals surface area contributed by atoms with Crippen LogP contribution in [0.15, 0.2) is 30.3 Å². The van der Waals surface area contributed by atoms with E-state index in [1.807, 2.05) is 30.3 Å². The molecule has 0 saturated carbocycles. The molecule has 47 valence electrons. The molecule has 2 nitrogen and oxygen atoms in total. The van der Waals surface area contributed by atoms with Crippen molar-refractivity contribution in [3.05, 3.63) is 30.3 Å². The minimum atomic E-state index is 0. The molecule has 0 aliphatic rings. The average Bonchev–Trinajstić information content (AvgIpc) is 1.90. The van der Waals surface area contributed by atoms with Gasteiger partial charge in [0.05, 0.1) is 7.11 Å². The maximum atomic E-state index is 4.91. The highest BCUT2D eigenvalue weighted by Crippen LogP contribution is 2.05. The topological polar surface area (TPSA) is 39.7 Å². The monoisotopic (exact) mass is 122 g/mol. The summed E-state index contributed by atoms with van der Waals surface area (Å²) in [5.74, 6) is 0.910. The molecule has 1 aromatic carbocycles. The van der Waals surface area contributed by atoms with Crippen LogP contribution in [0.5, 0.6) is 5.75 Å². The molecule has 2 heteroatoms. The third-order valence-electron chi connectivity index (χ3n) is 0.979. The summed E-state index contributed by atoms with van der Waals surface area (Å²) < 4.78 is 4.91. The van der Waals surface area contributed by atoms with E-state index in [1.54, 1.807) is 7.11 Å². The van der Waals surface area contributed by atoms with E-state index in [4.69, 9.17) is 4.74 Å². The summed E-state index contributed by atoms with van der Waals surface area (Å²) >= 11 is 0. The number of methoxy groups -OCH3 is 1. The van der Waals surface area contributed by atoms with Gasteiger partial charge in [0.2, 0.25) is 0 Å². The Labute approximate surface area is 55.0 Å². The SMILES string of the molecule is COc1ccccc1.[N]. The number of hydrogen-bond acceptors (Lipinski definition) is 1. The van der Waals surface area contributed by atoms with Crippen molar-refractivity contribution in [3.8, 4) is 5.75 Å². The van der Waals surface area contributed by atoms with Gasteiger partial charge in [0.1, 0.15) is 5.75 Å². The number of nitrogens with zero attached hydrogens (tertiary/aromatic N) is 1. The number of hydrogen-bond donors (Lipinski definition) is 0. The van der Waals surface area contributed by atoms with E-state index < -0.39 is 0 Å². The second kappa shape index (κ2) is 3.92. The quantitative estimate of drug-likeness (QED) is 0.552. The van der Waals surface area contributed by atoms with E-state index in [-0.39, 0.29) is 6.15 Å². The van der Waals surface area contributed by atoms with Crippen molar-refractivity contribution in [2.75, 3.05) is 7.11 Å². The van der Waals surface area contributed by atoms with E-state index in [2.05, 4.69) is 0 Å². The predicted octanol–water partition coefficient (Wildman–Crippen LogP) is 1.21. The Kier molecular flexibility index (Phi) is 3.48. The summed E-state index contributed by atoms with van der Waals surface area (Å²) in [6, 6.07) is 9.68. The van der Waals surface area contributed by atoms with Crippen molar-refractivity contribution in [3.63, 3.8) is 0 Å². The summed E-state index contributed by atoms with van der Waals surface area (Å²) in [6.07, 6.45) is 0. The Morgan fingerprint density at radius 1 is 1.11 bits per heavy atom. The van der Waals surface area contributed by atoms with Crippen molar-refractivity contribution >= 4 is 0 Å². The Balaban J connectivity index is 0.000000640. The van der Waals surface area contributed by atoms with Gasteiger partial charge in [0, 0.05) is 6.15 Å². The van der Waals surface area contributed by atoms with Crippen molar-refractivity contribution in [1.82, 2.24) is 6.15 Å². The van der Waals surface area contributed by atoms with Gasteiger partial charge in [-0.3, -0.25) is 0 Å². The molecule has 0 unspecified atom stereocenters. The molecule has 1 aromatic rings. The Morgan fingerprint density at radius 3 is 2.00 bits per heavy atom. The molecule has 0 atom stereocenters. The highest BCUT2D eigenvalue weighted by Gasteiger charge is 1.80. The fourth-order valence-corrected chi connectivity index (χ4v) is 0.557. The first kappa shape index (κ1) is 7.98. The van der Waals surface area contributed by atoms with Crippen molar-refractivity contribution in [1.29, 1.82) is 0 Å². The molecule has 0 aliphatic carbocycles. The van der Waals surface area contributed by atoms with Crippen LogP contribution in [0.25, 0.3) is 0 Å². The molecule has 9 heavy (non-hydrogen) atoms. The van der Waals surface area contributed by atoms with Crippen LogP contribution in [0.1, 0.15) is 0 Å². The average molecular weight is 122 g/mol. The zero-order chi connectivity index (χ0) is 5.82. The number of benzene rings is 1. The van der Waals surface area contributed by atoms with Gasteiger partial charge >= 0.3 is 0 Å². The van der Waals surface area contributed by atoms with Crippen LogP contribution in [0.4, 0.5) is 0 Å². The maximum Gasteiger partial charge on any atom is 0.118 e. The first-order valence-corrected chi connectivity index (χ1v) is 2.52. The van der Waals surface area contributed by atoms with Gasteiger partial charge in [0.25, 0.3) is 0 Å². The lowest BCUT2D eigenvalue weighted by Crippen LogP contribution is -1.78. The molecule has 1 rings (SSSR count). The van der Waals surface area contributed by atoms with Gasteiger partial charge in [-0.25, -0.2) is 0 Å². The molecule has 0 bridgehead atoms. The van der Waals surface area contributed by atoms with Gasteiger partial charge in [-0.1, -0.05) is 18.2 Å². The molecule has 0 spiro atoms. The van der Waals surface area contributed by atoms with Crippen LogP contribution >= 0.6 is 0 Å². The first-order chi connectivity index (χ1) is 3.93. The lowest BCUT2D eigenvalue weighted by molar-refractivity contribution is 0.415. The summed E-state index contributed by atoms with van der Waals surface area (Å²) in [4.78, 5) is 0. The van der Waals surface area contributed by atoms with Gasteiger partial charge in [0.15, 0.2) is 0 Å². The number of ether oxygens (including phenoxy) is 1. The standard InChI is InChI=1S/C7H8O.N/c1-8-7-5-3-2-4-6-7;/h2-6H,1H3;. The molecular formula is C7H8NO. The smallest absolute Gasteiger partial charge is 0.118 e. The fourth-order valence-electron chi connectivity index (χ4n) is 0.557. The van der Waals surface area contributed by atoms with Gasteiger partial charge in [-0.15, -0.1) is 0 Å². The van der Waals surface area contributed by atoms with E-state index >= 15 is 0 Å². The first-order valence-electron chi connectivity index (χ1n) is 2.52. The van der Waals surface area contributed by atoms with Crippen molar-refractivity contribution in [2.24, 2.45) is 0 Å². The van der Waals surface area contributed by atoms with E-state index in [9.17, 15) is 0 Å². The second-order valence-corrected chi connectivity index (χ2v) is 1.52. The van der Waals surface area contributed by atoms with E-state index in [0.717, 1.165) is 5.75 Å². The van der Waals surface area contributed by atoms with Crippen LogP contribution in [-0.4, -0.2) is 7.11 Å². The molecule has 3 radical (unpaired) electrons. The molecule has 0 aliphatic heterocycles. The van der Waals surface area contributed by atoms with E-state index in [1.165, 1.54) is 0 Å². The largest absolute Gasteiger partial charge is 0.497 e. The van der Waals surface area contributed by atoms with Gasteiger partial charge in [-0.05, 0) is 12.1 Å². The van der Waals surface area contributed by atoms with Crippen molar-refractivity contribution < 1.29 is 4.74 Å². The zero-order valence-electron chi connectivity index (χ0n) is 5.24. The highest BCUT2D eigenvalue weighted by atomic mass is 16.5. The third kappa shape index (κ3) is 2.15. The normalized spacial score (nSPS) is 7.67. The summed E-state index contributed by atoms with van der Waals surface area (Å²) in [5.41, 5.74) is 0. The molecule has 0 saturated heterocycles. The fraction of sp³-hybridized carbons (Fsp3) is 0.143. The van der Waals surface area contributed by atoms with Gasteiger partial charge < -0.3 is 4.74 Å². The highest BCUT2D eigenvalue weighted by molar-refractivity contribution is 5.20. The Hall–Kier alpha value is -1.02. The van der Waals surface area contributed by atoms with Crippen LogP contribution in [0.2, 0.25) is 0 Å². The third-order valence-corrected chi connectivity index (χ3v) is 0.979. The molecule has 0 amide bonds. The predicted molar refractivity (Wildman–Crippen MR) is 35.1 cm³/mol. The maximum absolute atomic E-state index is 4.91. The summed E-state index contributed by atoms with van der Waals surface area (Å²) in [5, 5.41) is 0. The van der Waals surface area contributed by atoms with Crippen LogP contribution < -0.4 is 10.9 Å². The van der Waals surface area contributed by atoms with Crippen LogP contribution in [0.3, 0.4) is 0 Å². The lowest BCUT2D eigenvalue weighted by Gasteiger charge is -1.93. The molecule has 0 aromatic heterocycles. The summed E-state index contributed by atoms with van der Waals surface area (Å²) in [6.45, 7) is 0. The van der Waals surface area contributed by atoms with E-state index in [0.29, 0.717) is 0 Å². The number of rotatable bonds is 1. The molecule has 0 N–H and O–H groups in total. The Morgan fingerprint density at radius 2 is 1.67 bits per heavy atom. The zero-order valence-corrected chi connectivity index (χ0v) is 5.24. The Bertz CT molecular complexity index is 150.